The van der Waals surface area contributed by atoms with Crippen molar-refractivity contribution >= 4 is 21.4 Å². The number of hydrogen-bond acceptors (Lipinski definition) is 5. The number of thiophene rings is 1. The van der Waals surface area contributed by atoms with E-state index in [9.17, 15) is 8.42 Å². The molecule has 5 nitrogen and oxygen atoms in total. The molecule has 0 bridgehead atoms. The fourth-order valence-corrected chi connectivity index (χ4v) is 4.55. The maximum absolute atomic E-state index is 12.5. The molecule has 3 rings (SSSR count). The largest absolute Gasteiger partial charge is 0.440 e. The van der Waals surface area contributed by atoms with Crippen molar-refractivity contribution < 1.29 is 12.8 Å². The van der Waals surface area contributed by atoms with E-state index >= 15 is 0 Å². The van der Waals surface area contributed by atoms with Crippen LogP contribution in [0.1, 0.15) is 22.6 Å². The number of nitrogens with one attached hydrogen (secondary N) is 1. The molecule has 0 saturated heterocycles. The monoisotopic (exact) mass is 376 g/mol. The van der Waals surface area contributed by atoms with Crippen molar-refractivity contribution in [2.75, 3.05) is 6.54 Å². The van der Waals surface area contributed by atoms with Gasteiger partial charge in [0.1, 0.15) is 5.76 Å². The normalized spacial score (nSPS) is 11.8. The molecule has 3 aromatic rings. The van der Waals surface area contributed by atoms with Crippen molar-refractivity contribution in [3.63, 3.8) is 0 Å². The Kier molecular flexibility index (Phi) is 5.08. The summed E-state index contributed by atoms with van der Waals surface area (Å²) in [5.41, 5.74) is 2.55. The summed E-state index contributed by atoms with van der Waals surface area (Å²) in [5.74, 6) is 1.30. The molecule has 0 aliphatic heterocycles. The first kappa shape index (κ1) is 17.8. The molecule has 132 valence electrons. The van der Waals surface area contributed by atoms with Crippen LogP contribution in [0.5, 0.6) is 0 Å². The Morgan fingerprint density at radius 3 is 2.68 bits per heavy atom. The summed E-state index contributed by atoms with van der Waals surface area (Å²) in [5, 5.41) is 1.96. The minimum absolute atomic E-state index is 0.271. The van der Waals surface area contributed by atoms with Crippen molar-refractivity contribution in [1.29, 1.82) is 0 Å². The molecular formula is C18H20N2O3S2. The molecule has 0 saturated carbocycles. The lowest BCUT2D eigenvalue weighted by Gasteiger charge is -2.09. The zero-order valence-electron chi connectivity index (χ0n) is 14.4. The number of oxazole rings is 1. The van der Waals surface area contributed by atoms with Crippen LogP contribution in [0.4, 0.5) is 0 Å². The van der Waals surface area contributed by atoms with E-state index in [0.29, 0.717) is 23.0 Å². The Morgan fingerprint density at radius 1 is 1.20 bits per heavy atom. The molecule has 1 aromatic carbocycles. The van der Waals surface area contributed by atoms with E-state index in [1.54, 1.807) is 30.4 Å². The van der Waals surface area contributed by atoms with E-state index in [1.165, 1.54) is 0 Å². The SMILES string of the molecule is Cc1ccc(S(=O)(=O)NCCc2nc(-c3cccs3)oc2C)c(C)c1. The van der Waals surface area contributed by atoms with Gasteiger partial charge in [0.2, 0.25) is 15.9 Å². The Balaban J connectivity index is 1.68. The molecule has 2 aromatic heterocycles. The molecule has 0 atom stereocenters. The second-order valence-corrected chi connectivity index (χ2v) is 8.60. The van der Waals surface area contributed by atoms with Crippen LogP contribution in [0.25, 0.3) is 10.8 Å². The van der Waals surface area contributed by atoms with Gasteiger partial charge in [0.05, 0.1) is 15.5 Å². The number of sulfonamides is 1. The molecular weight excluding hydrogens is 356 g/mol. The first-order valence-corrected chi connectivity index (χ1v) is 10.3. The number of aryl methyl sites for hydroxylation is 3. The molecule has 0 fully saturated rings. The van der Waals surface area contributed by atoms with E-state index in [0.717, 1.165) is 21.7 Å². The Hall–Kier alpha value is -1.96. The quantitative estimate of drug-likeness (QED) is 0.709. The van der Waals surface area contributed by atoms with Crippen LogP contribution in [-0.2, 0) is 16.4 Å². The number of aromatic nitrogens is 1. The van der Waals surface area contributed by atoms with Gasteiger partial charge in [-0.2, -0.15) is 0 Å². The summed E-state index contributed by atoms with van der Waals surface area (Å²) >= 11 is 1.56. The molecule has 0 amide bonds. The zero-order chi connectivity index (χ0) is 18.0. The average molecular weight is 377 g/mol. The highest BCUT2D eigenvalue weighted by Crippen LogP contribution is 2.26. The lowest BCUT2D eigenvalue weighted by molar-refractivity contribution is 0.539. The van der Waals surface area contributed by atoms with E-state index in [2.05, 4.69) is 9.71 Å². The molecule has 0 spiro atoms. The van der Waals surface area contributed by atoms with Crippen LogP contribution in [-0.4, -0.2) is 19.9 Å². The Morgan fingerprint density at radius 2 is 2.00 bits per heavy atom. The van der Waals surface area contributed by atoms with E-state index in [4.69, 9.17) is 4.42 Å². The smallest absolute Gasteiger partial charge is 0.240 e. The fourth-order valence-electron chi connectivity index (χ4n) is 2.65. The van der Waals surface area contributed by atoms with Crippen molar-refractivity contribution in [3.8, 4) is 10.8 Å². The average Bonchev–Trinajstić information content (AvgIpc) is 3.17. The van der Waals surface area contributed by atoms with Gasteiger partial charge in [-0.1, -0.05) is 23.8 Å². The predicted molar refractivity (Wildman–Crippen MR) is 99.4 cm³/mol. The molecule has 25 heavy (non-hydrogen) atoms. The summed E-state index contributed by atoms with van der Waals surface area (Å²) in [7, 11) is -3.53. The van der Waals surface area contributed by atoms with Crippen molar-refractivity contribution in [2.45, 2.75) is 32.1 Å². The zero-order valence-corrected chi connectivity index (χ0v) is 16.0. The van der Waals surface area contributed by atoms with Gasteiger partial charge in [-0.05, 0) is 43.8 Å². The molecule has 7 heteroatoms. The number of nitrogens with zero attached hydrogens (tertiary/aromatic N) is 1. The van der Waals surface area contributed by atoms with Gasteiger partial charge in [0, 0.05) is 13.0 Å². The highest BCUT2D eigenvalue weighted by molar-refractivity contribution is 7.89. The van der Waals surface area contributed by atoms with Gasteiger partial charge in [-0.3, -0.25) is 0 Å². The third-order valence-corrected chi connectivity index (χ3v) is 6.38. The lowest BCUT2D eigenvalue weighted by Crippen LogP contribution is -2.26. The fraction of sp³-hybridized carbons (Fsp3) is 0.278. The predicted octanol–water partition coefficient (Wildman–Crippen LogP) is 3.85. The maximum atomic E-state index is 12.5. The van der Waals surface area contributed by atoms with Gasteiger partial charge < -0.3 is 4.42 Å². The summed E-state index contributed by atoms with van der Waals surface area (Å²) in [4.78, 5) is 5.76. The first-order chi connectivity index (χ1) is 11.9. The van der Waals surface area contributed by atoms with Crippen LogP contribution < -0.4 is 4.72 Å². The number of benzene rings is 1. The molecule has 0 unspecified atom stereocenters. The van der Waals surface area contributed by atoms with Crippen molar-refractivity contribution in [3.05, 3.63) is 58.3 Å². The number of hydrogen-bond donors (Lipinski definition) is 1. The van der Waals surface area contributed by atoms with Crippen LogP contribution in [0, 0.1) is 20.8 Å². The molecule has 0 aliphatic carbocycles. The highest BCUT2D eigenvalue weighted by Gasteiger charge is 2.17. The van der Waals surface area contributed by atoms with Crippen molar-refractivity contribution in [2.24, 2.45) is 0 Å². The minimum atomic E-state index is -3.53. The summed E-state index contributed by atoms with van der Waals surface area (Å²) in [6, 6.07) is 9.20. The van der Waals surface area contributed by atoms with Gasteiger partial charge in [0.25, 0.3) is 0 Å². The third-order valence-electron chi connectivity index (χ3n) is 3.90. The van der Waals surface area contributed by atoms with Gasteiger partial charge in [-0.25, -0.2) is 18.1 Å². The summed E-state index contributed by atoms with van der Waals surface area (Å²) in [6.07, 6.45) is 0.477. The summed E-state index contributed by atoms with van der Waals surface area (Å²) in [6.45, 7) is 5.86. The van der Waals surface area contributed by atoms with Gasteiger partial charge in [-0.15, -0.1) is 11.3 Å². The van der Waals surface area contributed by atoms with Crippen LogP contribution in [0.15, 0.2) is 45.0 Å². The van der Waals surface area contributed by atoms with Crippen molar-refractivity contribution in [1.82, 2.24) is 9.71 Å². The van der Waals surface area contributed by atoms with E-state index < -0.39 is 10.0 Å². The van der Waals surface area contributed by atoms with E-state index in [-0.39, 0.29) is 6.54 Å². The second kappa shape index (κ2) is 7.11. The van der Waals surface area contributed by atoms with Crippen LogP contribution in [0.2, 0.25) is 0 Å². The second-order valence-electron chi connectivity index (χ2n) is 5.92. The molecule has 0 radical (unpaired) electrons. The number of rotatable bonds is 6. The van der Waals surface area contributed by atoms with Gasteiger partial charge >= 0.3 is 0 Å². The topological polar surface area (TPSA) is 72.2 Å². The first-order valence-electron chi connectivity index (χ1n) is 7.94. The maximum Gasteiger partial charge on any atom is 0.240 e. The standard InChI is InChI=1S/C18H20N2O3S2/c1-12-6-7-17(13(2)11-12)25(21,22)19-9-8-15-14(3)23-18(20-15)16-5-4-10-24-16/h4-7,10-11,19H,8-9H2,1-3H3. The van der Waals surface area contributed by atoms with Crippen LogP contribution in [0.3, 0.4) is 0 Å². The van der Waals surface area contributed by atoms with E-state index in [1.807, 2.05) is 37.4 Å². The van der Waals surface area contributed by atoms with Crippen LogP contribution >= 0.6 is 11.3 Å². The highest BCUT2D eigenvalue weighted by atomic mass is 32.2. The molecule has 2 heterocycles. The van der Waals surface area contributed by atoms with Gasteiger partial charge in [0.15, 0.2) is 0 Å². The molecule has 0 aliphatic rings. The summed E-state index contributed by atoms with van der Waals surface area (Å²) < 4.78 is 33.3. The minimum Gasteiger partial charge on any atom is -0.440 e. The molecule has 1 N–H and O–H groups in total. The Bertz CT molecular complexity index is 974. The third kappa shape index (κ3) is 4.00. The lowest BCUT2D eigenvalue weighted by atomic mass is 10.2. The Labute approximate surface area is 151 Å².